The molecule has 208 valence electrons. The van der Waals surface area contributed by atoms with Gasteiger partial charge in [0.15, 0.2) is 0 Å². The van der Waals surface area contributed by atoms with Gasteiger partial charge >= 0.3 is 5.97 Å². The molecule has 1 aliphatic carbocycles. The number of halogens is 3. The lowest BCUT2D eigenvalue weighted by Crippen LogP contribution is -2.53. The van der Waals surface area contributed by atoms with E-state index >= 15 is 4.39 Å². The van der Waals surface area contributed by atoms with E-state index in [1.807, 2.05) is 12.1 Å². The molecule has 7 nitrogen and oxygen atoms in total. The summed E-state index contributed by atoms with van der Waals surface area (Å²) in [5, 5.41) is 3.62. The quantitative estimate of drug-likeness (QED) is 0.291. The van der Waals surface area contributed by atoms with Gasteiger partial charge in [0.1, 0.15) is 17.2 Å². The van der Waals surface area contributed by atoms with Gasteiger partial charge in [-0.15, -0.1) is 0 Å². The number of ether oxygens (including phenoxy) is 1. The number of benzene rings is 3. The number of aromatic nitrogens is 2. The highest BCUT2D eigenvalue weighted by Gasteiger charge is 2.69. The number of nitrogens with zero attached hydrogens (tertiary/aromatic N) is 3. The predicted molar refractivity (Wildman–Crippen MR) is 153 cm³/mol. The molecule has 1 spiro atoms. The summed E-state index contributed by atoms with van der Waals surface area (Å²) in [6, 6.07) is 15.7. The van der Waals surface area contributed by atoms with Gasteiger partial charge < -0.3 is 14.6 Å². The van der Waals surface area contributed by atoms with Crippen LogP contribution < -0.4 is 5.32 Å². The van der Waals surface area contributed by atoms with E-state index in [0.29, 0.717) is 46.4 Å². The molecule has 4 atom stereocenters. The first-order chi connectivity index (χ1) is 19.8. The van der Waals surface area contributed by atoms with Crippen molar-refractivity contribution in [1.29, 1.82) is 0 Å². The smallest absolute Gasteiger partial charge is 0.337 e. The second-order valence-electron chi connectivity index (χ2n) is 11.5. The minimum absolute atomic E-state index is 0.0128. The molecule has 1 amide bonds. The van der Waals surface area contributed by atoms with E-state index in [-0.39, 0.29) is 22.9 Å². The lowest BCUT2D eigenvalue weighted by atomic mass is 9.71. The minimum atomic E-state index is -1.18. The van der Waals surface area contributed by atoms with Crippen molar-refractivity contribution in [1.82, 2.24) is 14.5 Å². The number of carbonyl (C=O) groups is 2. The summed E-state index contributed by atoms with van der Waals surface area (Å²) in [6.45, 7) is 1.29. The Kier molecular flexibility index (Phi) is 5.40. The number of imidazole rings is 1. The van der Waals surface area contributed by atoms with Crippen molar-refractivity contribution in [2.75, 3.05) is 19.0 Å². The Balaban J connectivity index is 1.40. The first-order valence-corrected chi connectivity index (χ1v) is 14.5. The third-order valence-corrected chi connectivity index (χ3v) is 9.93. The summed E-state index contributed by atoms with van der Waals surface area (Å²) in [4.78, 5) is 34.0. The van der Waals surface area contributed by atoms with Gasteiger partial charge in [0, 0.05) is 47.2 Å². The first-order valence-electron chi connectivity index (χ1n) is 13.7. The molecule has 10 heteroatoms. The molecule has 0 bridgehead atoms. The molecule has 41 heavy (non-hydrogen) atoms. The van der Waals surface area contributed by atoms with Crippen LogP contribution in [0.25, 0.3) is 11.0 Å². The van der Waals surface area contributed by atoms with Crippen LogP contribution >= 0.6 is 23.2 Å². The van der Waals surface area contributed by atoms with E-state index in [2.05, 4.69) is 14.8 Å². The van der Waals surface area contributed by atoms with Gasteiger partial charge in [-0.3, -0.25) is 9.69 Å². The Morgan fingerprint density at radius 1 is 1.17 bits per heavy atom. The number of nitrogens with one attached hydrogen (secondary N) is 1. The van der Waals surface area contributed by atoms with Gasteiger partial charge in [0.25, 0.3) is 0 Å². The molecule has 4 aliphatic rings. The Morgan fingerprint density at radius 3 is 2.78 bits per heavy atom. The molecular formula is C31H25Cl2FN4O3. The zero-order valence-electron chi connectivity index (χ0n) is 22.0. The molecule has 0 radical (unpaired) electrons. The van der Waals surface area contributed by atoms with Gasteiger partial charge in [-0.1, -0.05) is 41.4 Å². The summed E-state index contributed by atoms with van der Waals surface area (Å²) in [5.41, 5.74) is 2.60. The maximum atomic E-state index is 16.1. The maximum absolute atomic E-state index is 16.1. The monoisotopic (exact) mass is 590 g/mol. The van der Waals surface area contributed by atoms with Crippen molar-refractivity contribution in [3.05, 3.63) is 93.0 Å². The molecular weight excluding hydrogens is 566 g/mol. The number of carbonyl (C=O) groups excluding carboxylic acids is 2. The molecule has 4 aromatic rings. The van der Waals surface area contributed by atoms with Crippen LogP contribution in [0.3, 0.4) is 0 Å². The number of likely N-dealkylation sites (tertiary alicyclic amines) is 1. The van der Waals surface area contributed by atoms with Crippen LogP contribution in [0.2, 0.25) is 10.0 Å². The lowest BCUT2D eigenvalue weighted by Gasteiger charge is -2.40. The molecule has 1 saturated heterocycles. The number of amides is 1. The summed E-state index contributed by atoms with van der Waals surface area (Å²) >= 11 is 12.7. The fourth-order valence-electron chi connectivity index (χ4n) is 7.60. The molecule has 3 aliphatic heterocycles. The Bertz CT molecular complexity index is 1800. The van der Waals surface area contributed by atoms with Crippen LogP contribution in [-0.2, 0) is 21.6 Å². The van der Waals surface area contributed by atoms with Crippen molar-refractivity contribution in [2.45, 2.75) is 42.8 Å². The number of esters is 1. The molecule has 3 aromatic carbocycles. The molecule has 1 aromatic heterocycles. The third-order valence-electron chi connectivity index (χ3n) is 9.40. The molecule has 0 unspecified atom stereocenters. The summed E-state index contributed by atoms with van der Waals surface area (Å²) < 4.78 is 23.2. The molecule has 8 rings (SSSR count). The summed E-state index contributed by atoms with van der Waals surface area (Å²) in [7, 11) is 1.35. The van der Waals surface area contributed by atoms with Crippen molar-refractivity contribution < 1.29 is 18.7 Å². The minimum Gasteiger partial charge on any atom is -0.465 e. The summed E-state index contributed by atoms with van der Waals surface area (Å²) in [5.74, 6) is -0.858. The van der Waals surface area contributed by atoms with Gasteiger partial charge in [-0.2, -0.15) is 0 Å². The highest BCUT2D eigenvalue weighted by atomic mass is 35.5. The Morgan fingerprint density at radius 2 is 2.00 bits per heavy atom. The van der Waals surface area contributed by atoms with Crippen LogP contribution in [0.4, 0.5) is 10.1 Å². The zero-order valence-corrected chi connectivity index (χ0v) is 23.5. The van der Waals surface area contributed by atoms with Crippen molar-refractivity contribution >= 4 is 51.8 Å². The average Bonchev–Trinajstić information content (AvgIpc) is 3.41. The molecule has 1 N–H and O–H groups in total. The van der Waals surface area contributed by atoms with E-state index < -0.39 is 23.2 Å². The van der Waals surface area contributed by atoms with Gasteiger partial charge in [-0.25, -0.2) is 14.2 Å². The SMILES string of the molecule is COC(=O)c1ccc2c(c1)nc1n2C[C@H]2[C@@H]1[C@H](c1cccc(Cl)c1F)[C@]1(C(=O)Nc3cc(Cl)ccc31)N2CC1CC1. The largest absolute Gasteiger partial charge is 0.465 e. The second-order valence-corrected chi connectivity index (χ2v) is 12.3. The van der Waals surface area contributed by atoms with Crippen molar-refractivity contribution in [3.63, 3.8) is 0 Å². The number of methoxy groups -OCH3 is 1. The standard InChI is InChI=1S/C31H25Cl2FN4O3/c1-41-29(39)16-7-10-23-22(11-16)35-28-25-24(14-37(23)28)38(13-15-5-6-15)31(26(25)18-3-2-4-20(33)27(18)34)19-9-8-17(32)12-21(19)36-30(31)40/h2-4,7-12,15,24-26H,5-6,13-14H2,1H3,(H,36,40)/t24-,25+,26-,31+/m0/s1. The van der Waals surface area contributed by atoms with Crippen molar-refractivity contribution in [2.24, 2.45) is 5.92 Å². The van der Waals surface area contributed by atoms with Crippen LogP contribution in [0.15, 0.2) is 54.6 Å². The maximum Gasteiger partial charge on any atom is 0.337 e. The lowest BCUT2D eigenvalue weighted by molar-refractivity contribution is -0.128. The van der Waals surface area contributed by atoms with E-state index in [9.17, 15) is 9.59 Å². The molecule has 1 saturated carbocycles. The van der Waals surface area contributed by atoms with Crippen LogP contribution in [0.5, 0.6) is 0 Å². The number of hydrogen-bond acceptors (Lipinski definition) is 5. The van der Waals surface area contributed by atoms with E-state index in [0.717, 1.165) is 29.7 Å². The number of anilines is 1. The topological polar surface area (TPSA) is 76.5 Å². The van der Waals surface area contributed by atoms with E-state index in [1.54, 1.807) is 36.4 Å². The molecule has 4 heterocycles. The van der Waals surface area contributed by atoms with Crippen LogP contribution in [0, 0.1) is 11.7 Å². The van der Waals surface area contributed by atoms with Gasteiger partial charge in [0.05, 0.1) is 28.7 Å². The van der Waals surface area contributed by atoms with Gasteiger partial charge in [-0.05, 0) is 60.7 Å². The first kappa shape index (κ1) is 25.3. The number of rotatable bonds is 4. The number of fused-ring (bicyclic) bond motifs is 7. The highest BCUT2D eigenvalue weighted by Crippen LogP contribution is 2.65. The summed E-state index contributed by atoms with van der Waals surface area (Å²) in [6.07, 6.45) is 2.19. The fraction of sp³-hybridized carbons (Fsp3) is 0.323. The van der Waals surface area contributed by atoms with Gasteiger partial charge in [0.2, 0.25) is 5.91 Å². The average molecular weight is 591 g/mol. The molecule has 2 fully saturated rings. The Hall–Kier alpha value is -3.46. The third kappa shape index (κ3) is 3.38. The van der Waals surface area contributed by atoms with Crippen LogP contribution in [0.1, 0.15) is 52.0 Å². The normalized spacial score (nSPS) is 26.3. The van der Waals surface area contributed by atoms with E-state index in [1.165, 1.54) is 13.2 Å². The zero-order chi connectivity index (χ0) is 28.2. The highest BCUT2D eigenvalue weighted by molar-refractivity contribution is 6.31. The fourth-order valence-corrected chi connectivity index (χ4v) is 7.95. The van der Waals surface area contributed by atoms with Crippen LogP contribution in [-0.4, -0.2) is 46.0 Å². The number of hydrogen-bond donors (Lipinski definition) is 1. The van der Waals surface area contributed by atoms with Crippen molar-refractivity contribution in [3.8, 4) is 0 Å². The Labute approximate surface area is 245 Å². The van der Waals surface area contributed by atoms with E-state index in [4.69, 9.17) is 32.9 Å². The second kappa shape index (κ2) is 8.77. The predicted octanol–water partition coefficient (Wildman–Crippen LogP) is 6.09.